The number of carbonyl (C=O) groups excluding carboxylic acids is 2. The number of fused-ring (bicyclic) bond motifs is 1. The molecule has 0 saturated heterocycles. The van der Waals surface area contributed by atoms with Gasteiger partial charge in [-0.2, -0.15) is 0 Å². The van der Waals surface area contributed by atoms with Gasteiger partial charge in [0.1, 0.15) is 0 Å². The highest BCUT2D eigenvalue weighted by atomic mass is 16.2. The molecule has 0 aliphatic rings. The van der Waals surface area contributed by atoms with E-state index in [-0.39, 0.29) is 6.54 Å². The zero-order chi connectivity index (χ0) is 15.4. The van der Waals surface area contributed by atoms with E-state index in [1.165, 1.54) is 0 Å². The summed E-state index contributed by atoms with van der Waals surface area (Å²) in [6.07, 6.45) is 5.08. The summed E-state index contributed by atoms with van der Waals surface area (Å²) in [5, 5.41) is 6.12. The second-order valence-corrected chi connectivity index (χ2v) is 4.77. The average molecular weight is 294 g/mol. The number of benzene rings is 1. The van der Waals surface area contributed by atoms with Gasteiger partial charge in [0, 0.05) is 41.7 Å². The van der Waals surface area contributed by atoms with Crippen LogP contribution in [0.2, 0.25) is 0 Å². The molecule has 0 spiro atoms. The molecule has 2 aromatic heterocycles. The predicted molar refractivity (Wildman–Crippen MR) is 83.0 cm³/mol. The number of pyridine rings is 1. The first kappa shape index (κ1) is 13.8. The van der Waals surface area contributed by atoms with Crippen LogP contribution in [0, 0.1) is 0 Å². The van der Waals surface area contributed by atoms with Crippen molar-refractivity contribution in [1.82, 2.24) is 15.3 Å². The minimum atomic E-state index is -0.691. The van der Waals surface area contributed by atoms with E-state index in [2.05, 4.69) is 20.6 Å². The van der Waals surface area contributed by atoms with Crippen LogP contribution in [0.3, 0.4) is 0 Å². The summed E-state index contributed by atoms with van der Waals surface area (Å²) < 4.78 is 0. The van der Waals surface area contributed by atoms with Crippen molar-refractivity contribution in [3.63, 3.8) is 0 Å². The molecule has 3 aromatic rings. The summed E-state index contributed by atoms with van der Waals surface area (Å²) in [6, 6.07) is 10.8. The number of amides is 2. The van der Waals surface area contributed by atoms with Gasteiger partial charge in [-0.3, -0.25) is 14.6 Å². The van der Waals surface area contributed by atoms with E-state index in [0.29, 0.717) is 5.69 Å². The van der Waals surface area contributed by atoms with Crippen molar-refractivity contribution in [2.75, 3.05) is 5.32 Å². The van der Waals surface area contributed by atoms with E-state index < -0.39 is 11.8 Å². The van der Waals surface area contributed by atoms with Gasteiger partial charge in [-0.15, -0.1) is 0 Å². The number of hydrogen-bond acceptors (Lipinski definition) is 3. The molecule has 0 aliphatic heterocycles. The van der Waals surface area contributed by atoms with Crippen LogP contribution in [0.15, 0.2) is 55.0 Å². The minimum absolute atomic E-state index is 0.283. The molecule has 3 rings (SSSR count). The minimum Gasteiger partial charge on any atom is -0.361 e. The van der Waals surface area contributed by atoms with Gasteiger partial charge in [0.2, 0.25) is 0 Å². The lowest BCUT2D eigenvalue weighted by Crippen LogP contribution is -2.34. The fraction of sp³-hybridized carbons (Fsp3) is 0.0625. The Morgan fingerprint density at radius 1 is 1.05 bits per heavy atom. The fourth-order valence-corrected chi connectivity index (χ4v) is 2.08. The Hall–Kier alpha value is -3.15. The van der Waals surface area contributed by atoms with Crippen molar-refractivity contribution in [2.45, 2.75) is 6.54 Å². The first-order chi connectivity index (χ1) is 10.7. The van der Waals surface area contributed by atoms with Crippen LogP contribution in [0.25, 0.3) is 10.9 Å². The third-order valence-electron chi connectivity index (χ3n) is 3.22. The molecule has 0 fully saturated rings. The lowest BCUT2D eigenvalue weighted by atomic mass is 10.2. The maximum absolute atomic E-state index is 11.9. The molecular weight excluding hydrogens is 280 g/mol. The number of H-pyrrole nitrogens is 1. The van der Waals surface area contributed by atoms with E-state index in [1.54, 1.807) is 36.7 Å². The first-order valence-electron chi connectivity index (χ1n) is 6.77. The molecule has 6 nitrogen and oxygen atoms in total. The van der Waals surface area contributed by atoms with Gasteiger partial charge in [0.15, 0.2) is 0 Å². The van der Waals surface area contributed by atoms with Gasteiger partial charge in [-0.25, -0.2) is 0 Å². The number of nitrogens with one attached hydrogen (secondary N) is 3. The van der Waals surface area contributed by atoms with E-state index in [0.717, 1.165) is 16.5 Å². The van der Waals surface area contributed by atoms with Gasteiger partial charge in [0.25, 0.3) is 0 Å². The Labute approximate surface area is 126 Å². The van der Waals surface area contributed by atoms with Gasteiger partial charge in [0.05, 0.1) is 0 Å². The Kier molecular flexibility index (Phi) is 3.82. The van der Waals surface area contributed by atoms with Crippen LogP contribution in [0.1, 0.15) is 5.56 Å². The van der Waals surface area contributed by atoms with E-state index in [4.69, 9.17) is 0 Å². The summed E-state index contributed by atoms with van der Waals surface area (Å²) in [5.74, 6) is -1.37. The van der Waals surface area contributed by atoms with Crippen LogP contribution in [0.4, 0.5) is 5.69 Å². The molecule has 6 heteroatoms. The molecule has 0 atom stereocenters. The Morgan fingerprint density at radius 2 is 1.86 bits per heavy atom. The van der Waals surface area contributed by atoms with Crippen molar-refractivity contribution < 1.29 is 9.59 Å². The first-order valence-corrected chi connectivity index (χ1v) is 6.77. The summed E-state index contributed by atoms with van der Waals surface area (Å²) >= 11 is 0. The lowest BCUT2D eigenvalue weighted by Gasteiger charge is -2.06. The fourth-order valence-electron chi connectivity index (χ4n) is 2.08. The Morgan fingerprint density at radius 3 is 2.68 bits per heavy atom. The highest BCUT2D eigenvalue weighted by Crippen LogP contribution is 2.17. The molecular formula is C16H14N4O2. The topological polar surface area (TPSA) is 86.9 Å². The maximum atomic E-state index is 11.9. The van der Waals surface area contributed by atoms with E-state index in [1.807, 2.05) is 18.3 Å². The Bertz CT molecular complexity index is 811. The molecule has 22 heavy (non-hydrogen) atoms. The Balaban J connectivity index is 1.59. The van der Waals surface area contributed by atoms with Gasteiger partial charge < -0.3 is 15.6 Å². The monoisotopic (exact) mass is 294 g/mol. The van der Waals surface area contributed by atoms with Gasteiger partial charge in [-0.1, -0.05) is 0 Å². The average Bonchev–Trinajstić information content (AvgIpc) is 3.01. The van der Waals surface area contributed by atoms with Crippen molar-refractivity contribution in [3.8, 4) is 0 Å². The second kappa shape index (κ2) is 6.09. The third kappa shape index (κ3) is 3.12. The zero-order valence-corrected chi connectivity index (χ0v) is 11.7. The largest absolute Gasteiger partial charge is 0.361 e. The summed E-state index contributed by atoms with van der Waals surface area (Å²) in [4.78, 5) is 30.6. The molecule has 0 bridgehead atoms. The number of aromatic amines is 1. The van der Waals surface area contributed by atoms with E-state index in [9.17, 15) is 9.59 Å². The van der Waals surface area contributed by atoms with Crippen molar-refractivity contribution in [3.05, 3.63) is 60.6 Å². The van der Waals surface area contributed by atoms with Crippen LogP contribution < -0.4 is 10.6 Å². The molecule has 0 unspecified atom stereocenters. The van der Waals surface area contributed by atoms with Crippen LogP contribution in [-0.4, -0.2) is 21.8 Å². The number of carbonyl (C=O) groups is 2. The van der Waals surface area contributed by atoms with Gasteiger partial charge in [-0.05, 0) is 42.0 Å². The normalized spacial score (nSPS) is 10.4. The molecule has 0 aliphatic carbocycles. The molecule has 0 saturated carbocycles. The van der Waals surface area contributed by atoms with Crippen molar-refractivity contribution >= 4 is 28.4 Å². The third-order valence-corrected chi connectivity index (χ3v) is 3.22. The highest BCUT2D eigenvalue weighted by Gasteiger charge is 2.13. The summed E-state index contributed by atoms with van der Waals surface area (Å²) in [6.45, 7) is 0.283. The van der Waals surface area contributed by atoms with Crippen molar-refractivity contribution in [2.24, 2.45) is 0 Å². The lowest BCUT2D eigenvalue weighted by molar-refractivity contribution is -0.136. The number of nitrogens with zero attached hydrogens (tertiary/aromatic N) is 1. The zero-order valence-electron chi connectivity index (χ0n) is 11.7. The number of rotatable bonds is 3. The second-order valence-electron chi connectivity index (χ2n) is 4.77. The van der Waals surface area contributed by atoms with Crippen LogP contribution >= 0.6 is 0 Å². The molecule has 3 N–H and O–H groups in total. The molecule has 110 valence electrons. The molecule has 2 amide bonds. The maximum Gasteiger partial charge on any atom is 0.313 e. The highest BCUT2D eigenvalue weighted by molar-refractivity contribution is 6.39. The molecule has 2 heterocycles. The predicted octanol–water partition coefficient (Wildman–Crippen LogP) is 1.82. The standard InChI is InChI=1S/C16H14N4O2/c21-15(19-10-11-3-6-17-7-4-11)16(22)20-13-1-2-14-12(9-13)5-8-18-14/h1-9,18H,10H2,(H,19,21)(H,20,22). The quantitative estimate of drug-likeness (QED) is 0.644. The smallest absolute Gasteiger partial charge is 0.313 e. The van der Waals surface area contributed by atoms with E-state index >= 15 is 0 Å². The van der Waals surface area contributed by atoms with Crippen LogP contribution in [-0.2, 0) is 16.1 Å². The summed E-state index contributed by atoms with van der Waals surface area (Å²) in [7, 11) is 0. The summed E-state index contributed by atoms with van der Waals surface area (Å²) in [5.41, 5.74) is 2.43. The van der Waals surface area contributed by atoms with Gasteiger partial charge >= 0.3 is 11.8 Å². The SMILES string of the molecule is O=C(NCc1ccncc1)C(=O)Nc1ccc2[nH]ccc2c1. The number of aromatic nitrogens is 2. The van der Waals surface area contributed by atoms with Crippen LogP contribution in [0.5, 0.6) is 0 Å². The number of anilines is 1. The number of hydrogen-bond donors (Lipinski definition) is 3. The van der Waals surface area contributed by atoms with Crippen molar-refractivity contribution in [1.29, 1.82) is 0 Å². The molecule has 0 radical (unpaired) electrons. The molecule has 1 aromatic carbocycles.